The molecule has 0 radical (unpaired) electrons. The minimum absolute atomic E-state index is 0.796. The molecule has 1 aliphatic heterocycles. The molecule has 0 aliphatic carbocycles. The van der Waals surface area contributed by atoms with Gasteiger partial charge in [-0.05, 0) is 52.4 Å². The lowest BCUT2D eigenvalue weighted by molar-refractivity contribution is 0.282. The van der Waals surface area contributed by atoms with Gasteiger partial charge in [0.1, 0.15) is 0 Å². The molecule has 1 rings (SSSR count). The van der Waals surface area contributed by atoms with Crippen LogP contribution in [0.2, 0.25) is 0 Å². The minimum atomic E-state index is 0.796. The Kier molecular flexibility index (Phi) is 11.4. The Labute approximate surface area is 127 Å². The maximum absolute atomic E-state index is 3.65. The summed E-state index contributed by atoms with van der Waals surface area (Å²) >= 11 is 0. The summed E-state index contributed by atoms with van der Waals surface area (Å²) in [6.45, 7) is 6.10. The van der Waals surface area contributed by atoms with Crippen LogP contribution in [0.25, 0.3) is 0 Å². The Morgan fingerprint density at radius 1 is 0.900 bits per heavy atom. The quantitative estimate of drug-likeness (QED) is 0.527. The highest BCUT2D eigenvalue weighted by molar-refractivity contribution is 4.73. The molecule has 0 bridgehead atoms. The van der Waals surface area contributed by atoms with Crippen LogP contribution in [0.4, 0.5) is 0 Å². The van der Waals surface area contributed by atoms with Crippen molar-refractivity contribution in [2.75, 3.05) is 26.7 Å². The molecule has 1 saturated heterocycles. The maximum atomic E-state index is 3.65. The molecule has 0 spiro atoms. The van der Waals surface area contributed by atoms with Gasteiger partial charge in [0.2, 0.25) is 0 Å². The number of rotatable bonds is 12. The molecule has 20 heavy (non-hydrogen) atoms. The molecule has 0 aromatic rings. The summed E-state index contributed by atoms with van der Waals surface area (Å²) in [5.41, 5.74) is 0. The third kappa shape index (κ3) is 9.77. The van der Waals surface area contributed by atoms with Crippen molar-refractivity contribution in [3.05, 3.63) is 0 Å². The second kappa shape index (κ2) is 12.6. The van der Waals surface area contributed by atoms with E-state index in [4.69, 9.17) is 0 Å². The van der Waals surface area contributed by atoms with Gasteiger partial charge in [-0.3, -0.25) is 0 Å². The van der Waals surface area contributed by atoms with Crippen molar-refractivity contribution in [1.29, 1.82) is 0 Å². The number of hydrogen-bond acceptors (Lipinski definition) is 2. The molecule has 1 fully saturated rings. The molecule has 0 aromatic carbocycles. The topological polar surface area (TPSA) is 15.3 Å². The highest BCUT2D eigenvalue weighted by atomic mass is 15.1. The molecule has 0 amide bonds. The summed E-state index contributed by atoms with van der Waals surface area (Å²) in [4.78, 5) is 2.54. The van der Waals surface area contributed by atoms with Crippen LogP contribution in [0.1, 0.15) is 84.0 Å². The fraction of sp³-hybridized carbons (Fsp3) is 1.00. The standard InChI is InChI=1S/C18H38N2/c1-3-4-5-6-7-8-9-12-16-20(2)17-14-18-13-10-11-15-19-18/h18-19H,3-17H2,1-2H3. The zero-order valence-electron chi connectivity index (χ0n) is 14.1. The number of hydrogen-bond donors (Lipinski definition) is 1. The Balaban J connectivity index is 1.83. The Morgan fingerprint density at radius 2 is 1.60 bits per heavy atom. The third-order valence-corrected chi connectivity index (χ3v) is 4.67. The van der Waals surface area contributed by atoms with Crippen molar-refractivity contribution < 1.29 is 0 Å². The van der Waals surface area contributed by atoms with Crippen LogP contribution < -0.4 is 5.32 Å². The zero-order chi connectivity index (χ0) is 14.5. The normalized spacial score (nSPS) is 19.6. The molecule has 1 unspecified atom stereocenters. The highest BCUT2D eigenvalue weighted by Gasteiger charge is 2.12. The van der Waals surface area contributed by atoms with Crippen molar-refractivity contribution in [3.63, 3.8) is 0 Å². The Bertz CT molecular complexity index is 200. The fourth-order valence-electron chi connectivity index (χ4n) is 3.17. The van der Waals surface area contributed by atoms with Crippen LogP contribution in [0, 0.1) is 0 Å². The van der Waals surface area contributed by atoms with Crippen LogP contribution >= 0.6 is 0 Å². The van der Waals surface area contributed by atoms with Gasteiger partial charge in [-0.25, -0.2) is 0 Å². The van der Waals surface area contributed by atoms with Crippen molar-refractivity contribution >= 4 is 0 Å². The van der Waals surface area contributed by atoms with E-state index in [9.17, 15) is 0 Å². The summed E-state index contributed by atoms with van der Waals surface area (Å²) in [5, 5.41) is 3.65. The molecule has 1 atom stereocenters. The SMILES string of the molecule is CCCCCCCCCCN(C)CCC1CCCCN1. The average Bonchev–Trinajstić information content (AvgIpc) is 2.49. The number of nitrogens with one attached hydrogen (secondary N) is 1. The lowest BCUT2D eigenvalue weighted by Gasteiger charge is -2.25. The summed E-state index contributed by atoms with van der Waals surface area (Å²) in [6.07, 6.45) is 17.0. The van der Waals surface area contributed by atoms with Crippen LogP contribution in [-0.4, -0.2) is 37.6 Å². The Morgan fingerprint density at radius 3 is 2.25 bits per heavy atom. The van der Waals surface area contributed by atoms with Gasteiger partial charge in [-0.15, -0.1) is 0 Å². The molecule has 1 heterocycles. The zero-order valence-corrected chi connectivity index (χ0v) is 14.1. The minimum Gasteiger partial charge on any atom is -0.314 e. The molecule has 1 aliphatic rings. The molecule has 0 saturated carbocycles. The van der Waals surface area contributed by atoms with Gasteiger partial charge in [-0.2, -0.15) is 0 Å². The first-order chi connectivity index (χ1) is 9.83. The first-order valence-corrected chi connectivity index (χ1v) is 9.25. The van der Waals surface area contributed by atoms with Crippen LogP contribution in [0.3, 0.4) is 0 Å². The van der Waals surface area contributed by atoms with Crippen molar-refractivity contribution in [2.24, 2.45) is 0 Å². The van der Waals surface area contributed by atoms with Gasteiger partial charge in [0.15, 0.2) is 0 Å². The summed E-state index contributed by atoms with van der Waals surface area (Å²) in [6, 6.07) is 0.796. The lowest BCUT2D eigenvalue weighted by Crippen LogP contribution is -2.36. The Hall–Kier alpha value is -0.0800. The van der Waals surface area contributed by atoms with Crippen molar-refractivity contribution in [3.8, 4) is 0 Å². The van der Waals surface area contributed by atoms with E-state index in [1.54, 1.807) is 0 Å². The van der Waals surface area contributed by atoms with E-state index in [0.29, 0.717) is 0 Å². The van der Waals surface area contributed by atoms with E-state index >= 15 is 0 Å². The predicted octanol–water partition coefficient (Wildman–Crippen LogP) is 4.59. The molecule has 120 valence electrons. The predicted molar refractivity (Wildman–Crippen MR) is 90.4 cm³/mol. The van der Waals surface area contributed by atoms with Gasteiger partial charge < -0.3 is 10.2 Å². The third-order valence-electron chi connectivity index (χ3n) is 4.67. The first-order valence-electron chi connectivity index (χ1n) is 9.25. The van der Waals surface area contributed by atoms with Gasteiger partial charge in [0.25, 0.3) is 0 Å². The lowest BCUT2D eigenvalue weighted by atomic mass is 10.0. The van der Waals surface area contributed by atoms with Crippen molar-refractivity contribution in [2.45, 2.75) is 90.0 Å². The summed E-state index contributed by atoms with van der Waals surface area (Å²) in [5.74, 6) is 0. The number of piperidine rings is 1. The molecule has 0 aromatic heterocycles. The molecule has 1 N–H and O–H groups in total. The second-order valence-corrected chi connectivity index (χ2v) is 6.71. The van der Waals surface area contributed by atoms with Crippen LogP contribution in [0.5, 0.6) is 0 Å². The fourth-order valence-corrected chi connectivity index (χ4v) is 3.17. The first kappa shape index (κ1) is 18.0. The van der Waals surface area contributed by atoms with E-state index in [2.05, 4.69) is 24.2 Å². The van der Waals surface area contributed by atoms with E-state index in [1.807, 2.05) is 0 Å². The van der Waals surface area contributed by atoms with Crippen LogP contribution in [-0.2, 0) is 0 Å². The smallest absolute Gasteiger partial charge is 0.00792 e. The van der Waals surface area contributed by atoms with Gasteiger partial charge in [0.05, 0.1) is 0 Å². The molecule has 2 heteroatoms. The second-order valence-electron chi connectivity index (χ2n) is 6.71. The molecular weight excluding hydrogens is 244 g/mol. The number of unbranched alkanes of at least 4 members (excludes halogenated alkanes) is 7. The van der Waals surface area contributed by atoms with E-state index < -0.39 is 0 Å². The largest absolute Gasteiger partial charge is 0.314 e. The van der Waals surface area contributed by atoms with E-state index in [1.165, 1.54) is 96.7 Å². The van der Waals surface area contributed by atoms with E-state index in [-0.39, 0.29) is 0 Å². The summed E-state index contributed by atoms with van der Waals surface area (Å²) < 4.78 is 0. The highest BCUT2D eigenvalue weighted by Crippen LogP contribution is 2.11. The van der Waals surface area contributed by atoms with Crippen molar-refractivity contribution in [1.82, 2.24) is 10.2 Å². The van der Waals surface area contributed by atoms with Gasteiger partial charge in [-0.1, -0.05) is 58.3 Å². The van der Waals surface area contributed by atoms with Gasteiger partial charge >= 0.3 is 0 Å². The number of nitrogens with zero attached hydrogens (tertiary/aromatic N) is 1. The average molecular weight is 283 g/mol. The van der Waals surface area contributed by atoms with Crippen LogP contribution in [0.15, 0.2) is 0 Å². The maximum Gasteiger partial charge on any atom is 0.00792 e. The summed E-state index contributed by atoms with van der Waals surface area (Å²) in [7, 11) is 2.30. The molecule has 2 nitrogen and oxygen atoms in total. The molecular formula is C18H38N2. The van der Waals surface area contributed by atoms with Gasteiger partial charge in [0, 0.05) is 6.04 Å². The van der Waals surface area contributed by atoms with E-state index in [0.717, 1.165) is 6.04 Å². The monoisotopic (exact) mass is 282 g/mol.